The Morgan fingerprint density at radius 3 is 2.35 bits per heavy atom. The van der Waals surface area contributed by atoms with Gasteiger partial charge >= 0.3 is 12.1 Å². The van der Waals surface area contributed by atoms with Gasteiger partial charge in [0.1, 0.15) is 12.2 Å². The Hall–Kier alpha value is -2.08. The van der Waals surface area contributed by atoms with E-state index in [9.17, 15) is 14.7 Å². The molecule has 1 amide bonds. The maximum absolute atomic E-state index is 12.1. The van der Waals surface area contributed by atoms with Crippen LogP contribution in [-0.2, 0) is 20.9 Å². The highest BCUT2D eigenvalue weighted by molar-refractivity contribution is 5.71. The number of ether oxygens (including phenoxy) is 2. The molecule has 26 heavy (non-hydrogen) atoms. The van der Waals surface area contributed by atoms with Crippen LogP contribution in [0.5, 0.6) is 0 Å². The molecule has 1 aromatic carbocycles. The number of hydrogen-bond acceptors (Lipinski definition) is 5. The maximum Gasteiger partial charge on any atom is 0.407 e. The van der Waals surface area contributed by atoms with Crippen molar-refractivity contribution in [3.63, 3.8) is 0 Å². The van der Waals surface area contributed by atoms with Crippen LogP contribution in [0.3, 0.4) is 0 Å². The predicted molar refractivity (Wildman–Crippen MR) is 99.5 cm³/mol. The van der Waals surface area contributed by atoms with Crippen molar-refractivity contribution >= 4 is 12.1 Å². The first kappa shape index (κ1) is 22.0. The average Bonchev–Trinajstić information content (AvgIpc) is 2.56. The van der Waals surface area contributed by atoms with Crippen LogP contribution < -0.4 is 5.32 Å². The summed E-state index contributed by atoms with van der Waals surface area (Å²) >= 11 is 0. The smallest absolute Gasteiger partial charge is 0.407 e. The van der Waals surface area contributed by atoms with Gasteiger partial charge in [-0.2, -0.15) is 0 Å². The fourth-order valence-corrected chi connectivity index (χ4v) is 2.45. The molecule has 0 aliphatic carbocycles. The first-order valence-electron chi connectivity index (χ1n) is 8.99. The van der Waals surface area contributed by atoms with Gasteiger partial charge in [0.25, 0.3) is 0 Å². The number of esters is 1. The van der Waals surface area contributed by atoms with E-state index < -0.39 is 29.8 Å². The molecular formula is C20H31NO5. The third-order valence-electron chi connectivity index (χ3n) is 3.96. The maximum atomic E-state index is 12.1. The summed E-state index contributed by atoms with van der Waals surface area (Å²) in [7, 11) is 0. The minimum absolute atomic E-state index is 0.0308. The van der Waals surface area contributed by atoms with E-state index in [4.69, 9.17) is 9.47 Å². The third-order valence-corrected chi connectivity index (χ3v) is 3.96. The standard InChI is InChI=1S/C20H31NO5/c1-6-14(2)18(16(22)12-17(23)26-20(3,4)5)21-19(24)25-13-15-10-8-7-9-11-15/h7-11,14,16,18,22H,6,12-13H2,1-5H3,(H,21,24)/t14-,16+,18-/m0/s1. The lowest BCUT2D eigenvalue weighted by Gasteiger charge is -2.29. The van der Waals surface area contributed by atoms with E-state index in [2.05, 4.69) is 5.32 Å². The molecule has 6 heteroatoms. The van der Waals surface area contributed by atoms with E-state index >= 15 is 0 Å². The Bertz CT molecular complexity index is 567. The number of aliphatic hydroxyl groups excluding tert-OH is 1. The van der Waals surface area contributed by atoms with Crippen molar-refractivity contribution in [1.82, 2.24) is 5.32 Å². The number of rotatable bonds is 8. The number of benzene rings is 1. The Balaban J connectivity index is 2.62. The SMILES string of the molecule is CC[C@H](C)[C@H](NC(=O)OCc1ccccc1)[C@H](O)CC(=O)OC(C)(C)C. The molecule has 1 rings (SSSR count). The molecule has 0 spiro atoms. The van der Waals surface area contributed by atoms with E-state index in [1.165, 1.54) is 0 Å². The summed E-state index contributed by atoms with van der Waals surface area (Å²) in [6.07, 6.45) is -1.13. The summed E-state index contributed by atoms with van der Waals surface area (Å²) in [6, 6.07) is 8.73. The molecule has 0 fully saturated rings. The van der Waals surface area contributed by atoms with Crippen LogP contribution >= 0.6 is 0 Å². The minimum Gasteiger partial charge on any atom is -0.460 e. The summed E-state index contributed by atoms with van der Waals surface area (Å²) in [6.45, 7) is 9.30. The van der Waals surface area contributed by atoms with Gasteiger partial charge in [-0.3, -0.25) is 4.79 Å². The van der Waals surface area contributed by atoms with Crippen molar-refractivity contribution < 1.29 is 24.2 Å². The number of amides is 1. The molecule has 0 bridgehead atoms. The molecule has 0 saturated carbocycles. The van der Waals surface area contributed by atoms with Gasteiger partial charge in [0.2, 0.25) is 0 Å². The molecule has 146 valence electrons. The summed E-state index contributed by atoms with van der Waals surface area (Å²) in [5.74, 6) is -0.533. The van der Waals surface area contributed by atoms with Gasteiger partial charge in [0, 0.05) is 0 Å². The summed E-state index contributed by atoms with van der Waals surface area (Å²) < 4.78 is 10.5. The molecule has 0 aliphatic rings. The van der Waals surface area contributed by atoms with Crippen LogP contribution in [0.25, 0.3) is 0 Å². The molecule has 0 aliphatic heterocycles. The van der Waals surface area contributed by atoms with Crippen molar-refractivity contribution in [3.05, 3.63) is 35.9 Å². The number of carbonyl (C=O) groups is 2. The van der Waals surface area contributed by atoms with Crippen molar-refractivity contribution in [2.75, 3.05) is 0 Å². The monoisotopic (exact) mass is 365 g/mol. The fraction of sp³-hybridized carbons (Fsp3) is 0.600. The zero-order chi connectivity index (χ0) is 19.7. The lowest BCUT2D eigenvalue weighted by atomic mass is 9.93. The largest absolute Gasteiger partial charge is 0.460 e. The first-order valence-corrected chi connectivity index (χ1v) is 8.99. The van der Waals surface area contributed by atoms with E-state index in [-0.39, 0.29) is 18.9 Å². The molecule has 0 unspecified atom stereocenters. The number of alkyl carbamates (subject to hydrolysis) is 1. The molecule has 1 aromatic rings. The summed E-state index contributed by atoms with van der Waals surface area (Å²) in [4.78, 5) is 24.1. The lowest BCUT2D eigenvalue weighted by Crippen LogP contribution is -2.48. The molecule has 0 aromatic heterocycles. The first-order chi connectivity index (χ1) is 12.1. The quantitative estimate of drug-likeness (QED) is 0.690. The number of aliphatic hydroxyl groups is 1. The highest BCUT2D eigenvalue weighted by Crippen LogP contribution is 2.17. The number of carbonyl (C=O) groups excluding carboxylic acids is 2. The molecule has 6 nitrogen and oxygen atoms in total. The Morgan fingerprint density at radius 1 is 1.19 bits per heavy atom. The highest BCUT2D eigenvalue weighted by Gasteiger charge is 2.30. The van der Waals surface area contributed by atoms with E-state index in [1.54, 1.807) is 20.8 Å². The van der Waals surface area contributed by atoms with Gasteiger partial charge in [-0.05, 0) is 32.3 Å². The van der Waals surface area contributed by atoms with Crippen molar-refractivity contribution in [2.24, 2.45) is 5.92 Å². The molecule has 3 atom stereocenters. The molecule has 2 N–H and O–H groups in total. The molecule has 0 saturated heterocycles. The zero-order valence-electron chi connectivity index (χ0n) is 16.3. The van der Waals surface area contributed by atoms with Gasteiger partial charge in [-0.15, -0.1) is 0 Å². The van der Waals surface area contributed by atoms with Gasteiger partial charge in [0.05, 0.1) is 18.6 Å². The Kier molecular flexibility index (Phi) is 8.58. The summed E-state index contributed by atoms with van der Waals surface area (Å²) in [5, 5.41) is 13.1. The topological polar surface area (TPSA) is 84.9 Å². The third kappa shape index (κ3) is 8.34. The van der Waals surface area contributed by atoms with Gasteiger partial charge in [-0.25, -0.2) is 4.79 Å². The second kappa shape index (κ2) is 10.2. The van der Waals surface area contributed by atoms with E-state index in [0.717, 1.165) is 12.0 Å². The average molecular weight is 365 g/mol. The fourth-order valence-electron chi connectivity index (χ4n) is 2.45. The molecular weight excluding hydrogens is 334 g/mol. The molecule has 0 heterocycles. The van der Waals surface area contributed by atoms with Crippen LogP contribution in [-0.4, -0.2) is 34.9 Å². The second-order valence-electron chi connectivity index (χ2n) is 7.48. The van der Waals surface area contributed by atoms with Crippen LogP contribution in [0.1, 0.15) is 53.0 Å². The predicted octanol–water partition coefficient (Wildman–Crippen LogP) is 3.42. The zero-order valence-corrected chi connectivity index (χ0v) is 16.3. The van der Waals surface area contributed by atoms with E-state index in [1.807, 2.05) is 44.2 Å². The van der Waals surface area contributed by atoms with Crippen LogP contribution in [0.4, 0.5) is 4.79 Å². The number of nitrogens with one attached hydrogen (secondary N) is 1. The Labute approximate surface area is 155 Å². The minimum atomic E-state index is -1.05. The van der Waals surface area contributed by atoms with Crippen LogP contribution in [0, 0.1) is 5.92 Å². The van der Waals surface area contributed by atoms with Gasteiger partial charge in [-0.1, -0.05) is 50.6 Å². The van der Waals surface area contributed by atoms with Crippen molar-refractivity contribution in [2.45, 2.75) is 71.8 Å². The van der Waals surface area contributed by atoms with Crippen LogP contribution in [0.2, 0.25) is 0 Å². The van der Waals surface area contributed by atoms with Crippen LogP contribution in [0.15, 0.2) is 30.3 Å². The lowest BCUT2D eigenvalue weighted by molar-refractivity contribution is -0.157. The van der Waals surface area contributed by atoms with Crippen molar-refractivity contribution in [3.8, 4) is 0 Å². The van der Waals surface area contributed by atoms with Gasteiger partial charge < -0.3 is 19.9 Å². The molecule has 0 radical (unpaired) electrons. The van der Waals surface area contributed by atoms with Crippen molar-refractivity contribution in [1.29, 1.82) is 0 Å². The normalized spacial score (nSPS) is 14.8. The second-order valence-corrected chi connectivity index (χ2v) is 7.48. The summed E-state index contributed by atoms with van der Waals surface area (Å²) in [5.41, 5.74) is 0.252. The Morgan fingerprint density at radius 2 is 1.81 bits per heavy atom. The number of hydrogen-bond donors (Lipinski definition) is 2. The van der Waals surface area contributed by atoms with E-state index in [0.29, 0.717) is 0 Å². The highest BCUT2D eigenvalue weighted by atomic mass is 16.6. The van der Waals surface area contributed by atoms with Gasteiger partial charge in [0.15, 0.2) is 0 Å².